The number of fused-ring (bicyclic) bond motifs is 1. The fraction of sp³-hybridized carbons (Fsp3) is 0.600. The van der Waals surface area contributed by atoms with Gasteiger partial charge in [0.15, 0.2) is 5.69 Å². The van der Waals surface area contributed by atoms with Crippen molar-refractivity contribution in [1.82, 2.24) is 5.16 Å². The number of carboxylic acid groups (broad SMARTS) is 1. The maximum atomic E-state index is 12.2. The third-order valence-corrected chi connectivity index (χ3v) is 2.86. The van der Waals surface area contributed by atoms with Crippen LogP contribution in [0.15, 0.2) is 4.52 Å². The summed E-state index contributed by atoms with van der Waals surface area (Å²) in [6.07, 6.45) is -4.38. The molecule has 0 fully saturated rings. The molecule has 1 aliphatic carbocycles. The van der Waals surface area contributed by atoms with Crippen molar-refractivity contribution in [1.29, 1.82) is 0 Å². The van der Waals surface area contributed by atoms with Crippen LogP contribution in [-0.2, 0) is 12.8 Å². The molecule has 1 aliphatic rings. The smallest absolute Gasteiger partial charge is 0.389 e. The Morgan fingerprint density at radius 2 is 2.24 bits per heavy atom. The number of aryl methyl sites for hydroxylation is 1. The van der Waals surface area contributed by atoms with Gasteiger partial charge in [-0.15, -0.1) is 0 Å². The van der Waals surface area contributed by atoms with Crippen LogP contribution in [-0.4, -0.2) is 22.4 Å². The minimum Gasteiger partial charge on any atom is -0.476 e. The number of halogens is 3. The molecule has 0 aliphatic heterocycles. The summed E-state index contributed by atoms with van der Waals surface area (Å²) in [4.78, 5) is 10.8. The molecule has 1 aromatic rings. The van der Waals surface area contributed by atoms with Crippen molar-refractivity contribution >= 4 is 5.97 Å². The zero-order valence-electron chi connectivity index (χ0n) is 8.75. The zero-order valence-corrected chi connectivity index (χ0v) is 8.75. The third-order valence-electron chi connectivity index (χ3n) is 2.86. The molecule has 1 unspecified atom stereocenters. The molecule has 0 amide bonds. The second-order valence-corrected chi connectivity index (χ2v) is 4.17. The molecule has 94 valence electrons. The van der Waals surface area contributed by atoms with Gasteiger partial charge in [0, 0.05) is 18.4 Å². The highest BCUT2D eigenvalue weighted by Gasteiger charge is 2.36. The number of hydrogen-bond acceptors (Lipinski definition) is 3. The van der Waals surface area contributed by atoms with E-state index in [4.69, 9.17) is 9.63 Å². The Bertz CT molecular complexity index is 438. The highest BCUT2D eigenvalue weighted by atomic mass is 19.4. The Hall–Kier alpha value is -1.53. The number of hydrogen-bond donors (Lipinski definition) is 1. The Morgan fingerprint density at radius 3 is 2.82 bits per heavy atom. The van der Waals surface area contributed by atoms with Crippen LogP contribution in [0.25, 0.3) is 0 Å². The Labute approximate surface area is 94.4 Å². The molecule has 0 aromatic carbocycles. The van der Waals surface area contributed by atoms with Crippen molar-refractivity contribution in [2.24, 2.45) is 5.92 Å². The molecule has 1 heterocycles. The fourth-order valence-electron chi connectivity index (χ4n) is 2.15. The normalized spacial score (nSPS) is 20.1. The van der Waals surface area contributed by atoms with Gasteiger partial charge in [-0.1, -0.05) is 5.16 Å². The Morgan fingerprint density at radius 1 is 1.53 bits per heavy atom. The maximum Gasteiger partial charge on any atom is 0.389 e. The van der Waals surface area contributed by atoms with E-state index < -0.39 is 24.5 Å². The van der Waals surface area contributed by atoms with Crippen LogP contribution in [0.2, 0.25) is 0 Å². The molecule has 7 heteroatoms. The summed E-state index contributed by atoms with van der Waals surface area (Å²) >= 11 is 0. The first-order chi connectivity index (χ1) is 7.87. The number of carboxylic acids is 1. The van der Waals surface area contributed by atoms with Crippen LogP contribution in [0.1, 0.15) is 34.7 Å². The van der Waals surface area contributed by atoms with Gasteiger partial charge >= 0.3 is 12.1 Å². The van der Waals surface area contributed by atoms with Gasteiger partial charge in [-0.2, -0.15) is 13.2 Å². The largest absolute Gasteiger partial charge is 0.476 e. The van der Waals surface area contributed by atoms with Crippen LogP contribution in [0, 0.1) is 5.92 Å². The van der Waals surface area contributed by atoms with Gasteiger partial charge in [0.05, 0.1) is 0 Å². The number of nitrogens with zero attached hydrogens (tertiary/aromatic N) is 1. The van der Waals surface area contributed by atoms with Gasteiger partial charge in [0.1, 0.15) is 5.76 Å². The maximum absolute atomic E-state index is 12.2. The van der Waals surface area contributed by atoms with Gasteiger partial charge in [0.2, 0.25) is 0 Å². The standard InChI is InChI=1S/C10H10F3NO3/c11-10(12,13)4-5-1-2-7-6(3-5)8(9(15)16)14-17-7/h5H,1-4H2,(H,15,16). The summed E-state index contributed by atoms with van der Waals surface area (Å²) in [6.45, 7) is 0. The zero-order chi connectivity index (χ0) is 12.6. The molecule has 1 atom stereocenters. The average molecular weight is 249 g/mol. The van der Waals surface area contributed by atoms with Crippen molar-refractivity contribution in [3.8, 4) is 0 Å². The molecule has 4 nitrogen and oxygen atoms in total. The summed E-state index contributed by atoms with van der Waals surface area (Å²) in [6, 6.07) is 0. The van der Waals surface area contributed by atoms with Crippen LogP contribution in [0.4, 0.5) is 13.2 Å². The SMILES string of the molecule is O=C(O)c1noc2c1CC(CC(F)(F)F)CC2. The van der Waals surface area contributed by atoms with E-state index in [-0.39, 0.29) is 12.1 Å². The second kappa shape index (κ2) is 4.05. The van der Waals surface area contributed by atoms with E-state index in [9.17, 15) is 18.0 Å². The summed E-state index contributed by atoms with van der Waals surface area (Å²) in [5.41, 5.74) is 0.0601. The number of rotatable bonds is 2. The van der Waals surface area contributed by atoms with E-state index in [0.29, 0.717) is 24.2 Å². The minimum atomic E-state index is -4.22. The van der Waals surface area contributed by atoms with Crippen LogP contribution < -0.4 is 0 Å². The number of carbonyl (C=O) groups is 1. The van der Waals surface area contributed by atoms with Crippen molar-refractivity contribution in [3.63, 3.8) is 0 Å². The molecular formula is C10H10F3NO3. The van der Waals surface area contributed by atoms with Gasteiger partial charge in [0.25, 0.3) is 0 Å². The number of aromatic carboxylic acids is 1. The molecule has 0 saturated carbocycles. The van der Waals surface area contributed by atoms with Crippen molar-refractivity contribution in [3.05, 3.63) is 17.0 Å². The van der Waals surface area contributed by atoms with E-state index in [1.165, 1.54) is 0 Å². The lowest BCUT2D eigenvalue weighted by molar-refractivity contribution is -0.145. The van der Waals surface area contributed by atoms with Crippen LogP contribution in [0.5, 0.6) is 0 Å². The van der Waals surface area contributed by atoms with Gasteiger partial charge in [-0.25, -0.2) is 4.79 Å². The minimum absolute atomic E-state index is 0.0694. The number of aromatic nitrogens is 1. The number of alkyl halides is 3. The lowest BCUT2D eigenvalue weighted by Gasteiger charge is -2.21. The van der Waals surface area contributed by atoms with Gasteiger partial charge in [-0.3, -0.25) is 0 Å². The molecule has 0 saturated heterocycles. The molecule has 0 radical (unpaired) electrons. The summed E-state index contributed by atoms with van der Waals surface area (Å²) in [5, 5.41) is 12.2. The van der Waals surface area contributed by atoms with E-state index >= 15 is 0 Å². The van der Waals surface area contributed by atoms with Crippen molar-refractivity contribution < 1.29 is 27.6 Å². The molecule has 17 heavy (non-hydrogen) atoms. The van der Waals surface area contributed by atoms with Gasteiger partial charge in [-0.05, 0) is 18.8 Å². The van der Waals surface area contributed by atoms with E-state index in [1.807, 2.05) is 0 Å². The average Bonchev–Trinajstić information content (AvgIpc) is 2.57. The first-order valence-corrected chi connectivity index (χ1v) is 5.14. The molecule has 1 aromatic heterocycles. The third kappa shape index (κ3) is 2.59. The summed E-state index contributed by atoms with van der Waals surface area (Å²) in [7, 11) is 0. The van der Waals surface area contributed by atoms with E-state index in [2.05, 4.69) is 5.16 Å². The monoisotopic (exact) mass is 249 g/mol. The first kappa shape index (κ1) is 11.9. The summed E-state index contributed by atoms with van der Waals surface area (Å²) < 4.78 is 41.6. The lowest BCUT2D eigenvalue weighted by atomic mass is 9.84. The second-order valence-electron chi connectivity index (χ2n) is 4.17. The van der Waals surface area contributed by atoms with Crippen molar-refractivity contribution in [2.45, 2.75) is 31.9 Å². The highest BCUT2D eigenvalue weighted by molar-refractivity contribution is 5.87. The first-order valence-electron chi connectivity index (χ1n) is 5.14. The topological polar surface area (TPSA) is 63.3 Å². The van der Waals surface area contributed by atoms with Crippen LogP contribution >= 0.6 is 0 Å². The molecule has 0 bridgehead atoms. The lowest BCUT2D eigenvalue weighted by Crippen LogP contribution is -2.21. The molecule has 1 N–H and O–H groups in total. The van der Waals surface area contributed by atoms with E-state index in [1.54, 1.807) is 0 Å². The predicted octanol–water partition coefficient (Wildman–Crippen LogP) is 2.43. The van der Waals surface area contributed by atoms with Gasteiger partial charge < -0.3 is 9.63 Å². The van der Waals surface area contributed by atoms with Crippen LogP contribution in [0.3, 0.4) is 0 Å². The summed E-state index contributed by atoms with van der Waals surface area (Å²) in [5.74, 6) is -1.44. The highest BCUT2D eigenvalue weighted by Crippen LogP contribution is 2.35. The predicted molar refractivity (Wildman–Crippen MR) is 49.6 cm³/mol. The molecular weight excluding hydrogens is 239 g/mol. The Kier molecular flexibility index (Phi) is 2.84. The van der Waals surface area contributed by atoms with Crippen molar-refractivity contribution in [2.75, 3.05) is 0 Å². The quantitative estimate of drug-likeness (QED) is 0.874. The molecule has 2 rings (SSSR count). The fourth-order valence-corrected chi connectivity index (χ4v) is 2.15. The molecule has 0 spiro atoms. The Balaban J connectivity index is 2.17. The van der Waals surface area contributed by atoms with E-state index in [0.717, 1.165) is 0 Å².